The highest BCUT2D eigenvalue weighted by atomic mass is 15.4. The van der Waals surface area contributed by atoms with E-state index >= 15 is 0 Å². The van der Waals surface area contributed by atoms with Gasteiger partial charge in [0.15, 0.2) is 11.5 Å². The molecule has 3 rings (SSSR count). The Balaban J connectivity index is 2.13. The van der Waals surface area contributed by atoms with Crippen LogP contribution in [-0.2, 0) is 20.6 Å². The molecule has 0 bridgehead atoms. The molecule has 0 aliphatic carbocycles. The largest absolute Gasteiger partial charge is 0.369 e. The lowest BCUT2D eigenvalue weighted by molar-refractivity contribution is 0.689. The third-order valence-corrected chi connectivity index (χ3v) is 2.87. The number of fused-ring (bicyclic) bond motifs is 1. The highest BCUT2D eigenvalue weighted by molar-refractivity contribution is 5.77. The Hall–Kier alpha value is -2.38. The summed E-state index contributed by atoms with van der Waals surface area (Å²) in [6.45, 7) is 2.40. The fourth-order valence-corrected chi connectivity index (χ4v) is 2.11. The first-order valence-corrected chi connectivity index (χ1v) is 5.56. The third-order valence-electron chi connectivity index (χ3n) is 2.87. The number of rotatable bonds is 2. The number of imidazole rings is 1. The van der Waals surface area contributed by atoms with Gasteiger partial charge in [0.25, 0.3) is 0 Å². The van der Waals surface area contributed by atoms with Crippen molar-refractivity contribution in [3.05, 3.63) is 17.8 Å². The van der Waals surface area contributed by atoms with Gasteiger partial charge in [0.05, 0.1) is 12.2 Å². The maximum Gasteiger partial charge on any atom is 0.202 e. The van der Waals surface area contributed by atoms with Gasteiger partial charge in [-0.25, -0.2) is 9.97 Å². The summed E-state index contributed by atoms with van der Waals surface area (Å²) in [6, 6.07) is 0. The summed E-state index contributed by atoms with van der Waals surface area (Å²) in [5.74, 6) is 1.15. The molecule has 3 heterocycles. The summed E-state index contributed by atoms with van der Waals surface area (Å²) in [6.07, 6.45) is 1.66. The van der Waals surface area contributed by atoms with E-state index in [1.54, 1.807) is 15.7 Å². The molecular formula is C10H14N8. The lowest BCUT2D eigenvalue weighted by atomic mass is 10.4. The van der Waals surface area contributed by atoms with Gasteiger partial charge in [-0.05, 0) is 6.92 Å². The molecule has 0 radical (unpaired) electrons. The van der Waals surface area contributed by atoms with Gasteiger partial charge in [0.1, 0.15) is 11.8 Å². The van der Waals surface area contributed by atoms with E-state index in [9.17, 15) is 0 Å². The van der Waals surface area contributed by atoms with Crippen molar-refractivity contribution >= 4 is 17.1 Å². The summed E-state index contributed by atoms with van der Waals surface area (Å²) >= 11 is 0. The Morgan fingerprint density at radius 2 is 2.06 bits per heavy atom. The predicted octanol–water partition coefficient (Wildman–Crippen LogP) is -0.163. The van der Waals surface area contributed by atoms with Crippen LogP contribution >= 0.6 is 0 Å². The van der Waals surface area contributed by atoms with Crippen molar-refractivity contribution in [2.45, 2.75) is 13.5 Å². The average Bonchev–Trinajstić information content (AvgIpc) is 2.91. The van der Waals surface area contributed by atoms with Crippen molar-refractivity contribution in [2.75, 3.05) is 5.73 Å². The lowest BCUT2D eigenvalue weighted by Gasteiger charge is -2.03. The van der Waals surface area contributed by atoms with E-state index in [-0.39, 0.29) is 0 Å². The van der Waals surface area contributed by atoms with Crippen LogP contribution in [0.25, 0.3) is 11.2 Å². The number of nitrogens with zero attached hydrogens (tertiary/aromatic N) is 7. The van der Waals surface area contributed by atoms with E-state index < -0.39 is 0 Å². The highest BCUT2D eigenvalue weighted by Gasteiger charge is 2.16. The van der Waals surface area contributed by atoms with Crippen LogP contribution in [-0.4, -0.2) is 34.1 Å². The molecule has 0 amide bonds. The number of aromatic nitrogens is 7. The van der Waals surface area contributed by atoms with Gasteiger partial charge >= 0.3 is 0 Å². The van der Waals surface area contributed by atoms with Crippen LogP contribution in [0.4, 0.5) is 5.95 Å². The highest BCUT2D eigenvalue weighted by Crippen LogP contribution is 2.20. The van der Waals surface area contributed by atoms with E-state index in [1.165, 1.54) is 0 Å². The van der Waals surface area contributed by atoms with Crippen molar-refractivity contribution in [3.8, 4) is 0 Å². The van der Waals surface area contributed by atoms with Gasteiger partial charge in [-0.2, -0.15) is 10.2 Å². The van der Waals surface area contributed by atoms with Crippen LogP contribution in [0.3, 0.4) is 0 Å². The minimum absolute atomic E-state index is 0.452. The lowest BCUT2D eigenvalue weighted by Crippen LogP contribution is -2.09. The van der Waals surface area contributed by atoms with E-state index in [4.69, 9.17) is 5.73 Å². The summed E-state index contributed by atoms with van der Waals surface area (Å²) in [5.41, 5.74) is 8.52. The van der Waals surface area contributed by atoms with Crippen LogP contribution in [0.1, 0.15) is 11.5 Å². The van der Waals surface area contributed by atoms with Crippen molar-refractivity contribution in [1.29, 1.82) is 0 Å². The zero-order chi connectivity index (χ0) is 12.9. The van der Waals surface area contributed by atoms with Gasteiger partial charge in [0, 0.05) is 14.1 Å². The molecule has 0 spiro atoms. The Labute approximate surface area is 103 Å². The minimum atomic E-state index is 0.452. The Bertz CT molecular complexity index is 716. The first kappa shape index (κ1) is 10.8. The maximum atomic E-state index is 5.94. The summed E-state index contributed by atoms with van der Waals surface area (Å²) < 4.78 is 5.30. The normalized spacial score (nSPS) is 11.5. The maximum absolute atomic E-state index is 5.94. The topological polar surface area (TPSA) is 92.4 Å². The zero-order valence-electron chi connectivity index (χ0n) is 10.5. The third kappa shape index (κ3) is 1.45. The monoisotopic (exact) mass is 246 g/mol. The molecule has 8 nitrogen and oxygen atoms in total. The second-order valence-corrected chi connectivity index (χ2v) is 4.27. The second kappa shape index (κ2) is 3.56. The second-order valence-electron chi connectivity index (χ2n) is 4.27. The van der Waals surface area contributed by atoms with Crippen molar-refractivity contribution < 1.29 is 0 Å². The van der Waals surface area contributed by atoms with Gasteiger partial charge in [-0.3, -0.25) is 13.9 Å². The molecule has 0 unspecified atom stereocenters. The Kier molecular flexibility index (Phi) is 2.12. The first-order chi connectivity index (χ1) is 8.56. The molecule has 18 heavy (non-hydrogen) atoms. The molecular weight excluding hydrogens is 232 g/mol. The van der Waals surface area contributed by atoms with Gasteiger partial charge in [-0.15, -0.1) is 0 Å². The number of aryl methyl sites for hydroxylation is 3. The summed E-state index contributed by atoms with van der Waals surface area (Å²) in [5, 5.41) is 8.57. The Morgan fingerprint density at radius 1 is 1.28 bits per heavy atom. The van der Waals surface area contributed by atoms with Crippen molar-refractivity contribution in [1.82, 2.24) is 34.1 Å². The number of hydrogen-bond donors (Lipinski definition) is 1. The number of nitrogens with two attached hydrogens (primary N) is 1. The predicted molar refractivity (Wildman–Crippen MR) is 65.8 cm³/mol. The van der Waals surface area contributed by atoms with Gasteiger partial charge in [-0.1, -0.05) is 0 Å². The fourth-order valence-electron chi connectivity index (χ4n) is 2.11. The van der Waals surface area contributed by atoms with E-state index in [1.807, 2.05) is 25.6 Å². The summed E-state index contributed by atoms with van der Waals surface area (Å²) in [7, 11) is 3.70. The quantitative estimate of drug-likeness (QED) is 0.678. The van der Waals surface area contributed by atoms with Gasteiger partial charge < -0.3 is 5.73 Å². The molecule has 0 fully saturated rings. The van der Waals surface area contributed by atoms with Crippen molar-refractivity contribution in [3.63, 3.8) is 0 Å². The molecule has 94 valence electrons. The van der Waals surface area contributed by atoms with E-state index in [0.717, 1.165) is 16.9 Å². The van der Waals surface area contributed by atoms with E-state index in [2.05, 4.69) is 20.2 Å². The molecule has 2 N–H and O–H groups in total. The molecule has 0 atom stereocenters. The number of anilines is 1. The molecule has 0 aromatic carbocycles. The summed E-state index contributed by atoms with van der Waals surface area (Å²) in [4.78, 5) is 8.52. The number of hydrogen-bond acceptors (Lipinski definition) is 5. The van der Waals surface area contributed by atoms with Crippen LogP contribution < -0.4 is 5.73 Å². The van der Waals surface area contributed by atoms with E-state index in [0.29, 0.717) is 18.3 Å². The molecule has 0 saturated carbocycles. The SMILES string of the molecule is Cc1nn(C)c2c1nc(N)n2Cc1ncn(C)n1. The zero-order valence-corrected chi connectivity index (χ0v) is 10.5. The van der Waals surface area contributed by atoms with Crippen LogP contribution in [0.5, 0.6) is 0 Å². The Morgan fingerprint density at radius 3 is 2.72 bits per heavy atom. The fraction of sp³-hybridized carbons (Fsp3) is 0.400. The standard InChI is InChI=1S/C10H14N8/c1-6-8-9(17(3)14-6)18(10(11)13-8)4-7-12-5-16(2)15-7/h5H,4H2,1-3H3,(H2,11,13). The molecule has 3 aromatic heterocycles. The van der Waals surface area contributed by atoms with Crippen LogP contribution in [0.15, 0.2) is 6.33 Å². The number of nitrogen functional groups attached to an aromatic ring is 1. The van der Waals surface area contributed by atoms with Gasteiger partial charge in [0.2, 0.25) is 5.95 Å². The average molecular weight is 246 g/mol. The smallest absolute Gasteiger partial charge is 0.202 e. The molecule has 3 aromatic rings. The minimum Gasteiger partial charge on any atom is -0.369 e. The molecule has 8 heteroatoms. The molecule has 0 aliphatic rings. The van der Waals surface area contributed by atoms with Crippen molar-refractivity contribution in [2.24, 2.45) is 14.1 Å². The van der Waals surface area contributed by atoms with Crippen LogP contribution in [0, 0.1) is 6.92 Å². The first-order valence-electron chi connectivity index (χ1n) is 5.56. The molecule has 0 aliphatic heterocycles. The van der Waals surface area contributed by atoms with Crippen LogP contribution in [0.2, 0.25) is 0 Å². The molecule has 0 saturated heterocycles.